The SMILES string of the molecule is CC(CCCCOOC(C)(C)C)OC(=O)O. The lowest BCUT2D eigenvalue weighted by Crippen LogP contribution is -2.19. The summed E-state index contributed by atoms with van der Waals surface area (Å²) in [5.74, 6) is 0. The lowest BCUT2D eigenvalue weighted by atomic mass is 10.2. The molecular formula is C11H22O5. The Hall–Kier alpha value is -0.810. The van der Waals surface area contributed by atoms with Gasteiger partial charge in [-0.25, -0.2) is 14.6 Å². The van der Waals surface area contributed by atoms with Gasteiger partial charge in [-0.05, 0) is 47.0 Å². The summed E-state index contributed by atoms with van der Waals surface area (Å²) in [5.41, 5.74) is -0.292. The number of carboxylic acid groups (broad SMARTS) is 1. The molecule has 1 unspecified atom stereocenters. The smallest absolute Gasteiger partial charge is 0.450 e. The molecule has 0 heterocycles. The molecule has 0 saturated heterocycles. The number of hydrogen-bond donors (Lipinski definition) is 1. The summed E-state index contributed by atoms with van der Waals surface area (Å²) in [5, 5.41) is 8.35. The first-order chi connectivity index (χ1) is 7.31. The maximum Gasteiger partial charge on any atom is 0.506 e. The average molecular weight is 234 g/mol. The van der Waals surface area contributed by atoms with Crippen LogP contribution in [0.15, 0.2) is 0 Å². The zero-order valence-electron chi connectivity index (χ0n) is 10.5. The van der Waals surface area contributed by atoms with Crippen LogP contribution in [-0.2, 0) is 14.5 Å². The monoisotopic (exact) mass is 234 g/mol. The molecular weight excluding hydrogens is 212 g/mol. The van der Waals surface area contributed by atoms with E-state index in [4.69, 9.17) is 14.9 Å². The molecule has 1 N–H and O–H groups in total. The van der Waals surface area contributed by atoms with Crippen molar-refractivity contribution < 1.29 is 24.4 Å². The Balaban J connectivity index is 3.30. The lowest BCUT2D eigenvalue weighted by Gasteiger charge is -2.17. The van der Waals surface area contributed by atoms with Gasteiger partial charge in [-0.15, -0.1) is 0 Å². The number of ether oxygens (including phenoxy) is 1. The van der Waals surface area contributed by atoms with Crippen LogP contribution in [0.25, 0.3) is 0 Å². The third-order valence-corrected chi connectivity index (χ3v) is 1.70. The standard InChI is InChI=1S/C11H22O5/c1-9(15-10(12)13)7-5-6-8-14-16-11(2,3)4/h9H,5-8H2,1-4H3,(H,12,13). The van der Waals surface area contributed by atoms with Gasteiger partial charge in [0.2, 0.25) is 0 Å². The van der Waals surface area contributed by atoms with E-state index in [-0.39, 0.29) is 11.7 Å². The van der Waals surface area contributed by atoms with Crippen LogP contribution in [0.2, 0.25) is 0 Å². The first-order valence-corrected chi connectivity index (χ1v) is 5.51. The fraction of sp³-hybridized carbons (Fsp3) is 0.909. The van der Waals surface area contributed by atoms with Crippen LogP contribution in [0.4, 0.5) is 4.79 Å². The molecule has 0 amide bonds. The van der Waals surface area contributed by atoms with E-state index in [0.29, 0.717) is 13.0 Å². The highest BCUT2D eigenvalue weighted by Crippen LogP contribution is 2.09. The Bertz CT molecular complexity index is 197. The molecule has 0 saturated carbocycles. The highest BCUT2D eigenvalue weighted by Gasteiger charge is 2.11. The first-order valence-electron chi connectivity index (χ1n) is 5.51. The predicted octanol–water partition coefficient (Wildman–Crippen LogP) is 2.99. The molecule has 1 atom stereocenters. The van der Waals surface area contributed by atoms with E-state index in [1.165, 1.54) is 0 Å². The maximum atomic E-state index is 10.2. The predicted molar refractivity (Wildman–Crippen MR) is 59.2 cm³/mol. The summed E-state index contributed by atoms with van der Waals surface area (Å²) >= 11 is 0. The molecule has 96 valence electrons. The summed E-state index contributed by atoms with van der Waals surface area (Å²) in [4.78, 5) is 20.3. The molecule has 0 rings (SSSR count). The Morgan fingerprint density at radius 3 is 2.44 bits per heavy atom. The Morgan fingerprint density at radius 2 is 1.94 bits per heavy atom. The van der Waals surface area contributed by atoms with Crippen molar-refractivity contribution >= 4 is 6.16 Å². The van der Waals surface area contributed by atoms with E-state index in [1.807, 2.05) is 20.8 Å². The summed E-state index contributed by atoms with van der Waals surface area (Å²) < 4.78 is 4.56. The molecule has 5 heteroatoms. The highest BCUT2D eigenvalue weighted by molar-refractivity contribution is 5.56. The van der Waals surface area contributed by atoms with Crippen molar-refractivity contribution in [1.82, 2.24) is 0 Å². The van der Waals surface area contributed by atoms with Crippen LogP contribution in [0, 0.1) is 0 Å². The molecule has 0 aromatic rings. The van der Waals surface area contributed by atoms with E-state index < -0.39 is 6.16 Å². The largest absolute Gasteiger partial charge is 0.506 e. The molecule has 0 spiro atoms. The lowest BCUT2D eigenvalue weighted by molar-refractivity contribution is -0.348. The van der Waals surface area contributed by atoms with Crippen molar-refractivity contribution in [2.45, 2.75) is 58.7 Å². The van der Waals surface area contributed by atoms with E-state index in [9.17, 15) is 4.79 Å². The zero-order chi connectivity index (χ0) is 12.6. The highest BCUT2D eigenvalue weighted by atomic mass is 17.2. The van der Waals surface area contributed by atoms with Crippen LogP contribution in [0.3, 0.4) is 0 Å². The molecule has 0 aromatic carbocycles. The molecule has 0 fully saturated rings. The number of carbonyl (C=O) groups is 1. The zero-order valence-corrected chi connectivity index (χ0v) is 10.5. The van der Waals surface area contributed by atoms with Gasteiger partial charge in [0.1, 0.15) is 6.10 Å². The normalized spacial score (nSPS) is 13.5. The van der Waals surface area contributed by atoms with Gasteiger partial charge in [-0.2, -0.15) is 0 Å². The second-order valence-electron chi connectivity index (χ2n) is 4.71. The van der Waals surface area contributed by atoms with Gasteiger partial charge in [0.15, 0.2) is 0 Å². The summed E-state index contributed by atoms with van der Waals surface area (Å²) in [6.45, 7) is 7.99. The molecule has 0 aliphatic rings. The maximum absolute atomic E-state index is 10.2. The number of unbranched alkanes of at least 4 members (excludes halogenated alkanes) is 1. The van der Waals surface area contributed by atoms with Gasteiger partial charge < -0.3 is 9.84 Å². The van der Waals surface area contributed by atoms with Crippen LogP contribution in [0.5, 0.6) is 0 Å². The Kier molecular flexibility index (Phi) is 7.08. The van der Waals surface area contributed by atoms with Gasteiger partial charge in [-0.3, -0.25) is 0 Å². The molecule has 0 radical (unpaired) electrons. The van der Waals surface area contributed by atoms with E-state index in [1.54, 1.807) is 6.92 Å². The molecule has 0 bridgehead atoms. The molecule has 0 aliphatic carbocycles. The second-order valence-corrected chi connectivity index (χ2v) is 4.71. The van der Waals surface area contributed by atoms with Crippen molar-refractivity contribution in [3.63, 3.8) is 0 Å². The van der Waals surface area contributed by atoms with Gasteiger partial charge in [-0.1, -0.05) is 0 Å². The first kappa shape index (κ1) is 15.2. The number of rotatable bonds is 7. The van der Waals surface area contributed by atoms with Crippen LogP contribution in [0.1, 0.15) is 47.0 Å². The fourth-order valence-electron chi connectivity index (χ4n) is 1.04. The topological polar surface area (TPSA) is 65.0 Å². The van der Waals surface area contributed by atoms with Crippen LogP contribution >= 0.6 is 0 Å². The van der Waals surface area contributed by atoms with Gasteiger partial charge in [0, 0.05) is 0 Å². The molecule has 5 nitrogen and oxygen atoms in total. The molecule has 16 heavy (non-hydrogen) atoms. The summed E-state index contributed by atoms with van der Waals surface area (Å²) in [7, 11) is 0. The molecule has 0 aromatic heterocycles. The summed E-state index contributed by atoms with van der Waals surface area (Å²) in [6.07, 6.45) is 0.886. The van der Waals surface area contributed by atoms with Crippen molar-refractivity contribution in [2.75, 3.05) is 6.61 Å². The average Bonchev–Trinajstić information content (AvgIpc) is 2.07. The van der Waals surface area contributed by atoms with E-state index in [0.717, 1.165) is 12.8 Å². The van der Waals surface area contributed by atoms with Crippen molar-refractivity contribution in [2.24, 2.45) is 0 Å². The van der Waals surface area contributed by atoms with Crippen molar-refractivity contribution in [3.8, 4) is 0 Å². The summed E-state index contributed by atoms with van der Waals surface area (Å²) in [6, 6.07) is 0. The Labute approximate surface area is 96.6 Å². The third kappa shape index (κ3) is 11.3. The van der Waals surface area contributed by atoms with Gasteiger partial charge >= 0.3 is 6.16 Å². The fourth-order valence-corrected chi connectivity index (χ4v) is 1.04. The van der Waals surface area contributed by atoms with Gasteiger partial charge in [0.25, 0.3) is 0 Å². The minimum Gasteiger partial charge on any atom is -0.450 e. The number of hydrogen-bond acceptors (Lipinski definition) is 4. The van der Waals surface area contributed by atoms with E-state index >= 15 is 0 Å². The second kappa shape index (κ2) is 7.46. The van der Waals surface area contributed by atoms with Crippen molar-refractivity contribution in [1.29, 1.82) is 0 Å². The minimum atomic E-state index is -1.22. The quantitative estimate of drug-likeness (QED) is 0.317. The van der Waals surface area contributed by atoms with Crippen LogP contribution in [-0.4, -0.2) is 29.6 Å². The van der Waals surface area contributed by atoms with Gasteiger partial charge in [0.05, 0.1) is 12.2 Å². The minimum absolute atomic E-state index is 0.263. The van der Waals surface area contributed by atoms with E-state index in [2.05, 4.69) is 4.74 Å². The third-order valence-electron chi connectivity index (χ3n) is 1.70. The van der Waals surface area contributed by atoms with Crippen LogP contribution < -0.4 is 0 Å². The van der Waals surface area contributed by atoms with Crippen molar-refractivity contribution in [3.05, 3.63) is 0 Å². The molecule has 0 aliphatic heterocycles. The Morgan fingerprint density at radius 1 is 1.31 bits per heavy atom.